The normalized spacial score (nSPS) is 16.7. The van der Waals surface area contributed by atoms with Gasteiger partial charge in [-0.05, 0) is 40.3 Å². The van der Waals surface area contributed by atoms with E-state index < -0.39 is 30.1 Å². The van der Waals surface area contributed by atoms with Crippen LogP contribution >= 0.6 is 0 Å². The van der Waals surface area contributed by atoms with E-state index in [-0.39, 0.29) is 18.9 Å². The number of rotatable bonds is 6. The van der Waals surface area contributed by atoms with Crippen LogP contribution in [0.5, 0.6) is 0 Å². The summed E-state index contributed by atoms with van der Waals surface area (Å²) in [6.45, 7) is 1.90. The summed E-state index contributed by atoms with van der Waals surface area (Å²) in [4.78, 5) is 39.3. The number of para-hydroxylation sites is 1. The minimum atomic E-state index is -1.08. The number of alkyl carbamates (subject to hydrolysis) is 1. The second-order valence-corrected chi connectivity index (χ2v) is 8.83. The van der Waals surface area contributed by atoms with Crippen molar-refractivity contribution in [3.8, 4) is 11.1 Å². The van der Waals surface area contributed by atoms with Crippen molar-refractivity contribution >= 4 is 23.7 Å². The zero-order chi connectivity index (χ0) is 24.5. The zero-order valence-corrected chi connectivity index (χ0v) is 19.3. The molecule has 7 nitrogen and oxygen atoms in total. The summed E-state index contributed by atoms with van der Waals surface area (Å²) >= 11 is 0. The Bertz CT molecular complexity index is 1260. The molecule has 1 heterocycles. The second-order valence-electron chi connectivity index (χ2n) is 8.83. The molecule has 1 aliphatic carbocycles. The van der Waals surface area contributed by atoms with Gasteiger partial charge in [0.1, 0.15) is 18.7 Å². The maximum atomic E-state index is 13.4. The molecule has 2 N–H and O–H groups in total. The Morgan fingerprint density at radius 3 is 2.20 bits per heavy atom. The average Bonchev–Trinajstić information content (AvgIpc) is 3.42. The third kappa shape index (κ3) is 4.03. The van der Waals surface area contributed by atoms with Crippen molar-refractivity contribution < 1.29 is 24.2 Å². The van der Waals surface area contributed by atoms with E-state index >= 15 is 0 Å². The molecule has 0 saturated heterocycles. The fourth-order valence-electron chi connectivity index (χ4n) is 5.14. The van der Waals surface area contributed by atoms with Crippen LogP contribution in [0.15, 0.2) is 72.8 Å². The smallest absolute Gasteiger partial charge is 0.407 e. The number of aliphatic carboxylic acids is 1. The number of hydrogen-bond acceptors (Lipinski definition) is 4. The molecule has 7 heteroatoms. The summed E-state index contributed by atoms with van der Waals surface area (Å²) in [6, 6.07) is 21.3. The molecule has 2 amide bonds. The highest BCUT2D eigenvalue weighted by molar-refractivity contribution is 6.05. The van der Waals surface area contributed by atoms with Crippen molar-refractivity contribution in [3.05, 3.63) is 89.5 Å². The van der Waals surface area contributed by atoms with Crippen molar-refractivity contribution in [2.24, 2.45) is 0 Å². The van der Waals surface area contributed by atoms with Gasteiger partial charge in [-0.15, -0.1) is 0 Å². The minimum Gasteiger partial charge on any atom is -0.480 e. The van der Waals surface area contributed by atoms with Crippen molar-refractivity contribution in [3.63, 3.8) is 0 Å². The first-order valence-corrected chi connectivity index (χ1v) is 11.7. The molecule has 0 radical (unpaired) electrons. The molecule has 0 bridgehead atoms. The van der Waals surface area contributed by atoms with Gasteiger partial charge in [-0.1, -0.05) is 73.7 Å². The van der Waals surface area contributed by atoms with Crippen molar-refractivity contribution in [1.29, 1.82) is 0 Å². The van der Waals surface area contributed by atoms with Gasteiger partial charge in [-0.3, -0.25) is 9.69 Å². The molecule has 2 aliphatic rings. The maximum Gasteiger partial charge on any atom is 0.407 e. The number of nitrogens with one attached hydrogen (secondary N) is 1. The molecular weight excluding hydrogens is 444 g/mol. The van der Waals surface area contributed by atoms with Crippen molar-refractivity contribution in [1.82, 2.24) is 5.32 Å². The molecule has 0 fully saturated rings. The van der Waals surface area contributed by atoms with Crippen LogP contribution in [0, 0.1) is 0 Å². The minimum absolute atomic E-state index is 0.0919. The van der Waals surface area contributed by atoms with E-state index in [0.29, 0.717) is 12.1 Å². The molecule has 35 heavy (non-hydrogen) atoms. The SMILES string of the molecule is CC[C@H](NC(=O)OCC1c2ccccc2-c2ccccc21)C(=O)N1c2ccccc2C[C@H]1C(=O)O. The van der Waals surface area contributed by atoms with E-state index in [1.54, 1.807) is 19.1 Å². The molecule has 0 spiro atoms. The van der Waals surface area contributed by atoms with Gasteiger partial charge in [0, 0.05) is 18.0 Å². The fraction of sp³-hybridized carbons (Fsp3) is 0.250. The van der Waals surface area contributed by atoms with E-state index in [1.807, 2.05) is 48.5 Å². The van der Waals surface area contributed by atoms with E-state index in [0.717, 1.165) is 27.8 Å². The third-order valence-corrected chi connectivity index (χ3v) is 6.84. The van der Waals surface area contributed by atoms with Crippen molar-refractivity contribution in [2.45, 2.75) is 37.8 Å². The van der Waals surface area contributed by atoms with E-state index in [9.17, 15) is 19.5 Å². The Morgan fingerprint density at radius 2 is 1.57 bits per heavy atom. The molecule has 2 atom stereocenters. The number of carboxylic acids is 1. The first-order chi connectivity index (χ1) is 17.0. The maximum absolute atomic E-state index is 13.4. The van der Waals surface area contributed by atoms with E-state index in [4.69, 9.17) is 4.74 Å². The van der Waals surface area contributed by atoms with Crippen LogP contribution in [0.4, 0.5) is 10.5 Å². The molecule has 0 unspecified atom stereocenters. The Labute approximate surface area is 203 Å². The summed E-state index contributed by atoms with van der Waals surface area (Å²) in [7, 11) is 0. The zero-order valence-electron chi connectivity index (χ0n) is 19.3. The Balaban J connectivity index is 1.29. The number of nitrogens with zero attached hydrogens (tertiary/aromatic N) is 1. The molecule has 0 saturated carbocycles. The molecule has 0 aromatic heterocycles. The highest BCUT2D eigenvalue weighted by Crippen LogP contribution is 2.44. The van der Waals surface area contributed by atoms with Crippen LogP contribution in [-0.4, -0.2) is 41.8 Å². The van der Waals surface area contributed by atoms with Crippen LogP contribution in [0.1, 0.15) is 36.0 Å². The Kier molecular flexibility index (Phi) is 5.99. The molecule has 5 rings (SSSR count). The first-order valence-electron chi connectivity index (χ1n) is 11.7. The Morgan fingerprint density at radius 1 is 0.971 bits per heavy atom. The lowest BCUT2D eigenvalue weighted by Crippen LogP contribution is -2.53. The number of fused-ring (bicyclic) bond motifs is 4. The summed E-state index contributed by atoms with van der Waals surface area (Å²) in [5.41, 5.74) is 5.82. The molecule has 3 aromatic carbocycles. The van der Waals surface area contributed by atoms with Crippen LogP contribution in [0.3, 0.4) is 0 Å². The van der Waals surface area contributed by atoms with E-state index in [2.05, 4.69) is 17.4 Å². The standard InChI is InChI=1S/C28H26N2O5/c1-2-23(26(31)30-24-14-8-3-9-17(24)15-25(30)27(32)33)29-28(34)35-16-22-20-12-6-4-10-18(20)19-11-5-7-13-21(19)22/h3-14,22-23,25H,2,15-16H2,1H3,(H,29,34)(H,32,33)/t23-,25-/m0/s1. The quantitative estimate of drug-likeness (QED) is 0.559. The van der Waals surface area contributed by atoms with Crippen LogP contribution in [-0.2, 0) is 20.7 Å². The van der Waals surface area contributed by atoms with Gasteiger partial charge in [0.05, 0.1) is 0 Å². The lowest BCUT2D eigenvalue weighted by Gasteiger charge is -2.27. The number of anilines is 1. The fourth-order valence-corrected chi connectivity index (χ4v) is 5.14. The highest BCUT2D eigenvalue weighted by atomic mass is 16.5. The molecule has 3 aromatic rings. The van der Waals surface area contributed by atoms with Gasteiger partial charge in [0.2, 0.25) is 0 Å². The van der Waals surface area contributed by atoms with Crippen LogP contribution < -0.4 is 10.2 Å². The number of carbonyl (C=O) groups excluding carboxylic acids is 2. The number of carboxylic acid groups (broad SMARTS) is 1. The predicted octanol–water partition coefficient (Wildman–Crippen LogP) is 4.35. The Hall–Kier alpha value is -4.13. The number of amides is 2. The second kappa shape index (κ2) is 9.25. The predicted molar refractivity (Wildman–Crippen MR) is 131 cm³/mol. The average molecular weight is 471 g/mol. The van der Waals surface area contributed by atoms with Gasteiger partial charge in [0.15, 0.2) is 0 Å². The van der Waals surface area contributed by atoms with Crippen LogP contribution in [0.25, 0.3) is 11.1 Å². The van der Waals surface area contributed by atoms with E-state index in [1.165, 1.54) is 4.90 Å². The van der Waals surface area contributed by atoms with Gasteiger partial charge >= 0.3 is 12.1 Å². The van der Waals surface area contributed by atoms with Gasteiger partial charge in [-0.2, -0.15) is 0 Å². The summed E-state index contributed by atoms with van der Waals surface area (Å²) in [5.74, 6) is -1.63. The van der Waals surface area contributed by atoms with Crippen LogP contribution in [0.2, 0.25) is 0 Å². The molecule has 1 aliphatic heterocycles. The lowest BCUT2D eigenvalue weighted by molar-refractivity contribution is -0.140. The monoisotopic (exact) mass is 470 g/mol. The number of hydrogen-bond donors (Lipinski definition) is 2. The van der Waals surface area contributed by atoms with Gasteiger partial charge in [0.25, 0.3) is 5.91 Å². The summed E-state index contributed by atoms with van der Waals surface area (Å²) in [5, 5.41) is 12.4. The number of ether oxygens (including phenoxy) is 1. The van der Waals surface area contributed by atoms with Crippen molar-refractivity contribution in [2.75, 3.05) is 11.5 Å². The topological polar surface area (TPSA) is 95.9 Å². The summed E-state index contributed by atoms with van der Waals surface area (Å²) < 4.78 is 5.59. The first kappa shape index (κ1) is 22.7. The van der Waals surface area contributed by atoms with Gasteiger partial charge in [-0.25, -0.2) is 9.59 Å². The van der Waals surface area contributed by atoms with Gasteiger partial charge < -0.3 is 15.2 Å². The highest BCUT2D eigenvalue weighted by Gasteiger charge is 2.41. The molecule has 178 valence electrons. The largest absolute Gasteiger partial charge is 0.480 e. The third-order valence-electron chi connectivity index (χ3n) is 6.84. The number of carbonyl (C=O) groups is 3. The molecular formula is C28H26N2O5. The lowest BCUT2D eigenvalue weighted by atomic mass is 9.98. The number of benzene rings is 3. The summed E-state index contributed by atoms with van der Waals surface area (Å²) in [6.07, 6.45) is -0.168.